The van der Waals surface area contributed by atoms with E-state index < -0.39 is 0 Å². The monoisotopic (exact) mass is 345 g/mol. The van der Waals surface area contributed by atoms with Crippen molar-refractivity contribution in [1.82, 2.24) is 5.32 Å². The molecular weight excluding hydrogens is 326 g/mol. The Bertz CT molecular complexity index is 679. The summed E-state index contributed by atoms with van der Waals surface area (Å²) in [6.07, 6.45) is 0. The quantitative estimate of drug-likeness (QED) is 0.844. The largest absolute Gasteiger partial charge is 0.345 e. The molecule has 0 bridgehead atoms. The van der Waals surface area contributed by atoms with E-state index in [4.69, 9.17) is 0 Å². The first kappa shape index (κ1) is 15.8. The Morgan fingerprint density at radius 3 is 2.33 bits per heavy atom. The zero-order chi connectivity index (χ0) is 15.6. The van der Waals surface area contributed by atoms with Crippen LogP contribution in [0, 0.1) is 20.8 Å². The normalized spacial score (nSPS) is 12.0. The predicted molar refractivity (Wildman–Crippen MR) is 90.7 cm³/mol. The second-order valence-electron chi connectivity index (χ2n) is 5.54. The third-order valence-electron chi connectivity index (χ3n) is 3.62. The van der Waals surface area contributed by atoms with Crippen molar-refractivity contribution < 1.29 is 4.79 Å². The van der Waals surface area contributed by atoms with Crippen molar-refractivity contribution in [1.29, 1.82) is 0 Å². The highest BCUT2D eigenvalue weighted by atomic mass is 79.9. The fraction of sp³-hybridized carbons (Fsp3) is 0.278. The molecule has 21 heavy (non-hydrogen) atoms. The van der Waals surface area contributed by atoms with E-state index in [1.54, 1.807) is 0 Å². The first-order chi connectivity index (χ1) is 9.88. The number of nitrogens with one attached hydrogen (secondary N) is 1. The van der Waals surface area contributed by atoms with E-state index in [-0.39, 0.29) is 11.9 Å². The molecule has 1 amide bonds. The molecule has 1 unspecified atom stereocenters. The van der Waals surface area contributed by atoms with Gasteiger partial charge in [-0.05, 0) is 72.4 Å². The van der Waals surface area contributed by atoms with Crippen molar-refractivity contribution in [2.24, 2.45) is 0 Å². The molecule has 2 aromatic rings. The maximum Gasteiger partial charge on any atom is 0.252 e. The lowest BCUT2D eigenvalue weighted by atomic mass is 9.99. The second kappa shape index (κ2) is 6.44. The van der Waals surface area contributed by atoms with Crippen LogP contribution in [0.3, 0.4) is 0 Å². The lowest BCUT2D eigenvalue weighted by Crippen LogP contribution is -2.27. The molecule has 0 aromatic heterocycles. The third-order valence-corrected chi connectivity index (χ3v) is 4.27. The summed E-state index contributed by atoms with van der Waals surface area (Å²) in [4.78, 5) is 12.4. The molecule has 3 heteroatoms. The molecule has 0 radical (unpaired) electrons. The number of amides is 1. The summed E-state index contributed by atoms with van der Waals surface area (Å²) in [5, 5.41) is 3.07. The molecule has 0 spiro atoms. The van der Waals surface area contributed by atoms with Gasteiger partial charge in [0.25, 0.3) is 5.91 Å². The molecule has 2 rings (SSSR count). The first-order valence-corrected chi connectivity index (χ1v) is 7.82. The smallest absolute Gasteiger partial charge is 0.252 e. The van der Waals surface area contributed by atoms with Crippen molar-refractivity contribution in [3.63, 3.8) is 0 Å². The van der Waals surface area contributed by atoms with E-state index in [0.717, 1.165) is 15.6 Å². The SMILES string of the molecule is Cc1ccc(C(=O)NC(C)c2cc(C)ccc2C)c(Br)c1. The Balaban J connectivity index is 2.20. The van der Waals surface area contributed by atoms with E-state index in [9.17, 15) is 4.79 Å². The fourth-order valence-corrected chi connectivity index (χ4v) is 3.06. The molecule has 0 aliphatic heterocycles. The Kier molecular flexibility index (Phi) is 4.84. The summed E-state index contributed by atoms with van der Waals surface area (Å²) < 4.78 is 0.827. The first-order valence-electron chi connectivity index (χ1n) is 7.02. The molecule has 0 heterocycles. The van der Waals surface area contributed by atoms with Crippen molar-refractivity contribution in [3.05, 3.63) is 68.7 Å². The van der Waals surface area contributed by atoms with E-state index in [1.165, 1.54) is 11.1 Å². The number of aryl methyl sites for hydroxylation is 3. The highest BCUT2D eigenvalue weighted by molar-refractivity contribution is 9.10. The van der Waals surface area contributed by atoms with Crippen LogP contribution in [-0.2, 0) is 0 Å². The van der Waals surface area contributed by atoms with Gasteiger partial charge in [0.2, 0.25) is 0 Å². The van der Waals surface area contributed by atoms with Gasteiger partial charge in [0.1, 0.15) is 0 Å². The van der Waals surface area contributed by atoms with Gasteiger partial charge in [-0.15, -0.1) is 0 Å². The standard InChI is InChI=1S/C18H20BrNO/c1-11-5-7-13(3)16(9-11)14(4)20-18(21)15-8-6-12(2)10-17(15)19/h5-10,14H,1-4H3,(H,20,21). The Labute approximate surface area is 134 Å². The Morgan fingerprint density at radius 1 is 1.05 bits per heavy atom. The molecule has 0 aliphatic carbocycles. The van der Waals surface area contributed by atoms with Gasteiger partial charge in [0.05, 0.1) is 11.6 Å². The summed E-state index contributed by atoms with van der Waals surface area (Å²) >= 11 is 3.46. The zero-order valence-corrected chi connectivity index (χ0v) is 14.4. The van der Waals surface area contributed by atoms with Crippen molar-refractivity contribution in [2.45, 2.75) is 33.7 Å². The average molecular weight is 346 g/mol. The van der Waals surface area contributed by atoms with Crippen LogP contribution < -0.4 is 5.32 Å². The van der Waals surface area contributed by atoms with E-state index >= 15 is 0 Å². The minimum Gasteiger partial charge on any atom is -0.345 e. The van der Waals surface area contributed by atoms with Gasteiger partial charge in [-0.2, -0.15) is 0 Å². The molecular formula is C18H20BrNO. The van der Waals surface area contributed by atoms with Crippen LogP contribution in [0.15, 0.2) is 40.9 Å². The van der Waals surface area contributed by atoms with E-state index in [0.29, 0.717) is 5.56 Å². The highest BCUT2D eigenvalue weighted by Gasteiger charge is 2.15. The van der Waals surface area contributed by atoms with Gasteiger partial charge >= 0.3 is 0 Å². The molecule has 2 nitrogen and oxygen atoms in total. The lowest BCUT2D eigenvalue weighted by molar-refractivity contribution is 0.0939. The van der Waals surface area contributed by atoms with Gasteiger partial charge < -0.3 is 5.32 Å². The molecule has 0 saturated heterocycles. The number of carbonyl (C=O) groups is 1. The molecule has 0 saturated carbocycles. The van der Waals surface area contributed by atoms with Crippen molar-refractivity contribution >= 4 is 21.8 Å². The second-order valence-corrected chi connectivity index (χ2v) is 6.39. The fourth-order valence-electron chi connectivity index (χ4n) is 2.38. The summed E-state index contributed by atoms with van der Waals surface area (Å²) in [5.41, 5.74) is 5.34. The maximum absolute atomic E-state index is 12.4. The number of benzene rings is 2. The molecule has 1 atom stereocenters. The van der Waals surface area contributed by atoms with Gasteiger partial charge in [-0.1, -0.05) is 29.8 Å². The zero-order valence-electron chi connectivity index (χ0n) is 12.8. The number of carbonyl (C=O) groups excluding carboxylic acids is 1. The highest BCUT2D eigenvalue weighted by Crippen LogP contribution is 2.22. The molecule has 1 N–H and O–H groups in total. The Hall–Kier alpha value is -1.61. The minimum absolute atomic E-state index is 0.0226. The number of hydrogen-bond donors (Lipinski definition) is 1. The van der Waals surface area contributed by atoms with Gasteiger partial charge in [0.15, 0.2) is 0 Å². The summed E-state index contributed by atoms with van der Waals surface area (Å²) in [6, 6.07) is 12.0. The van der Waals surface area contributed by atoms with Crippen LogP contribution in [-0.4, -0.2) is 5.91 Å². The molecule has 110 valence electrons. The summed E-state index contributed by atoms with van der Waals surface area (Å²) in [5.74, 6) is -0.0599. The van der Waals surface area contributed by atoms with Crippen LogP contribution in [0.1, 0.15) is 45.6 Å². The van der Waals surface area contributed by atoms with Crippen LogP contribution in [0.4, 0.5) is 0 Å². The van der Waals surface area contributed by atoms with Crippen LogP contribution in [0.2, 0.25) is 0 Å². The Morgan fingerprint density at radius 2 is 1.67 bits per heavy atom. The number of rotatable bonds is 3. The summed E-state index contributed by atoms with van der Waals surface area (Å²) in [6.45, 7) is 8.15. The molecule has 2 aromatic carbocycles. The van der Waals surface area contributed by atoms with Crippen LogP contribution in [0.5, 0.6) is 0 Å². The van der Waals surface area contributed by atoms with Crippen molar-refractivity contribution in [3.8, 4) is 0 Å². The average Bonchev–Trinajstić information content (AvgIpc) is 2.41. The summed E-state index contributed by atoms with van der Waals surface area (Å²) in [7, 11) is 0. The third kappa shape index (κ3) is 3.73. The van der Waals surface area contributed by atoms with Crippen LogP contribution >= 0.6 is 15.9 Å². The maximum atomic E-state index is 12.4. The predicted octanol–water partition coefficient (Wildman–Crippen LogP) is 4.87. The van der Waals surface area contributed by atoms with Gasteiger partial charge in [0, 0.05) is 4.47 Å². The number of hydrogen-bond acceptors (Lipinski definition) is 1. The number of halogens is 1. The van der Waals surface area contributed by atoms with Crippen molar-refractivity contribution in [2.75, 3.05) is 0 Å². The molecule has 0 aliphatic rings. The lowest BCUT2D eigenvalue weighted by Gasteiger charge is -2.18. The van der Waals surface area contributed by atoms with Crippen LogP contribution in [0.25, 0.3) is 0 Å². The van der Waals surface area contributed by atoms with E-state index in [2.05, 4.69) is 53.3 Å². The minimum atomic E-state index is -0.0599. The van der Waals surface area contributed by atoms with Gasteiger partial charge in [-0.25, -0.2) is 0 Å². The van der Waals surface area contributed by atoms with E-state index in [1.807, 2.05) is 32.0 Å². The topological polar surface area (TPSA) is 29.1 Å². The molecule has 0 fully saturated rings. The van der Waals surface area contributed by atoms with Gasteiger partial charge in [-0.3, -0.25) is 4.79 Å².